The fourth-order valence-electron chi connectivity index (χ4n) is 3.12. The van der Waals surface area contributed by atoms with Gasteiger partial charge in [0, 0.05) is 32.3 Å². The second-order valence-corrected chi connectivity index (χ2v) is 6.49. The van der Waals surface area contributed by atoms with Gasteiger partial charge in [-0.2, -0.15) is 0 Å². The van der Waals surface area contributed by atoms with E-state index in [1.807, 2.05) is 0 Å². The Kier molecular flexibility index (Phi) is 8.71. The lowest BCUT2D eigenvalue weighted by atomic mass is 10.2. The molecule has 2 heterocycles. The summed E-state index contributed by atoms with van der Waals surface area (Å²) < 4.78 is 11.2. The SMILES string of the molecule is CCNC(=NCC1CCCN1C)NCCCOCC1CCCO1. The van der Waals surface area contributed by atoms with Crippen LogP contribution in [0, 0.1) is 0 Å². The maximum atomic E-state index is 5.68. The van der Waals surface area contributed by atoms with Crippen LogP contribution in [0.15, 0.2) is 4.99 Å². The largest absolute Gasteiger partial charge is 0.379 e. The quantitative estimate of drug-likeness (QED) is 0.379. The molecule has 0 spiro atoms. The summed E-state index contributed by atoms with van der Waals surface area (Å²) in [6.45, 7) is 8.37. The van der Waals surface area contributed by atoms with Crippen LogP contribution < -0.4 is 10.6 Å². The number of likely N-dealkylation sites (tertiary alicyclic amines) is 1. The van der Waals surface area contributed by atoms with E-state index < -0.39 is 0 Å². The summed E-state index contributed by atoms with van der Waals surface area (Å²) in [5.74, 6) is 0.923. The molecule has 134 valence electrons. The molecule has 0 radical (unpaired) electrons. The number of hydrogen-bond donors (Lipinski definition) is 2. The third-order valence-electron chi connectivity index (χ3n) is 4.56. The first-order valence-corrected chi connectivity index (χ1v) is 9.21. The van der Waals surface area contributed by atoms with Crippen molar-refractivity contribution in [1.29, 1.82) is 0 Å². The van der Waals surface area contributed by atoms with Gasteiger partial charge in [0.15, 0.2) is 5.96 Å². The van der Waals surface area contributed by atoms with Gasteiger partial charge in [-0.05, 0) is 52.6 Å². The predicted octanol–water partition coefficient (Wildman–Crippen LogP) is 1.22. The fourth-order valence-corrected chi connectivity index (χ4v) is 3.12. The number of rotatable bonds is 9. The van der Waals surface area contributed by atoms with Crippen LogP contribution >= 0.6 is 0 Å². The maximum Gasteiger partial charge on any atom is 0.191 e. The van der Waals surface area contributed by atoms with Crippen LogP contribution in [0.5, 0.6) is 0 Å². The van der Waals surface area contributed by atoms with Gasteiger partial charge in [0.25, 0.3) is 0 Å². The highest BCUT2D eigenvalue weighted by Gasteiger charge is 2.20. The highest BCUT2D eigenvalue weighted by molar-refractivity contribution is 5.79. The zero-order chi connectivity index (χ0) is 16.3. The molecule has 2 fully saturated rings. The molecule has 2 unspecified atom stereocenters. The summed E-state index contributed by atoms with van der Waals surface area (Å²) in [4.78, 5) is 7.13. The van der Waals surface area contributed by atoms with Crippen molar-refractivity contribution in [3.63, 3.8) is 0 Å². The fraction of sp³-hybridized carbons (Fsp3) is 0.941. The minimum absolute atomic E-state index is 0.324. The van der Waals surface area contributed by atoms with Gasteiger partial charge in [-0.3, -0.25) is 4.99 Å². The molecule has 0 bridgehead atoms. The van der Waals surface area contributed by atoms with Gasteiger partial charge in [0.2, 0.25) is 0 Å². The van der Waals surface area contributed by atoms with E-state index in [1.54, 1.807) is 0 Å². The monoisotopic (exact) mass is 326 g/mol. The van der Waals surface area contributed by atoms with Crippen molar-refractivity contribution in [3.8, 4) is 0 Å². The second-order valence-electron chi connectivity index (χ2n) is 6.49. The standard InChI is InChI=1S/C17H34N4O2/c1-3-18-17(20-13-15-7-4-10-21(15)2)19-9-6-11-22-14-16-8-5-12-23-16/h15-16H,3-14H2,1-2H3,(H2,18,19,20). The molecular formula is C17H34N4O2. The summed E-state index contributed by atoms with van der Waals surface area (Å²) in [6, 6.07) is 0.597. The summed E-state index contributed by atoms with van der Waals surface area (Å²) >= 11 is 0. The predicted molar refractivity (Wildman–Crippen MR) is 94.0 cm³/mol. The normalized spacial score (nSPS) is 25.9. The molecule has 2 N–H and O–H groups in total. The average molecular weight is 326 g/mol. The Hall–Kier alpha value is -0.850. The Morgan fingerprint density at radius 2 is 2.22 bits per heavy atom. The van der Waals surface area contributed by atoms with Gasteiger partial charge >= 0.3 is 0 Å². The molecule has 23 heavy (non-hydrogen) atoms. The van der Waals surface area contributed by atoms with E-state index in [0.717, 1.165) is 58.3 Å². The van der Waals surface area contributed by atoms with Crippen LogP contribution in [0.3, 0.4) is 0 Å². The Balaban J connectivity index is 1.56. The third-order valence-corrected chi connectivity index (χ3v) is 4.56. The average Bonchev–Trinajstić information content (AvgIpc) is 3.20. The van der Waals surface area contributed by atoms with Crippen molar-refractivity contribution in [2.24, 2.45) is 4.99 Å². The van der Waals surface area contributed by atoms with Crippen LogP contribution in [0.1, 0.15) is 39.0 Å². The topological polar surface area (TPSA) is 58.1 Å². The van der Waals surface area contributed by atoms with Gasteiger partial charge in [-0.25, -0.2) is 0 Å². The van der Waals surface area contributed by atoms with Crippen LogP contribution in [-0.2, 0) is 9.47 Å². The van der Waals surface area contributed by atoms with Gasteiger partial charge in [0.05, 0.1) is 19.3 Å². The number of likely N-dealkylation sites (N-methyl/N-ethyl adjacent to an activating group) is 1. The molecule has 2 atom stereocenters. The van der Waals surface area contributed by atoms with Crippen molar-refractivity contribution in [2.45, 2.75) is 51.2 Å². The molecule has 0 aromatic carbocycles. The first kappa shape index (κ1) is 18.5. The van der Waals surface area contributed by atoms with E-state index in [9.17, 15) is 0 Å². The zero-order valence-corrected chi connectivity index (χ0v) is 14.9. The van der Waals surface area contributed by atoms with E-state index in [2.05, 4.69) is 29.5 Å². The Morgan fingerprint density at radius 1 is 1.30 bits per heavy atom. The van der Waals surface area contributed by atoms with Crippen LogP contribution in [-0.4, -0.2) is 76.1 Å². The molecular weight excluding hydrogens is 292 g/mol. The minimum Gasteiger partial charge on any atom is -0.379 e. The molecule has 2 aliphatic heterocycles. The summed E-state index contributed by atoms with van der Waals surface area (Å²) in [5.41, 5.74) is 0. The van der Waals surface area contributed by atoms with Crippen molar-refractivity contribution in [2.75, 3.05) is 53.0 Å². The van der Waals surface area contributed by atoms with Crippen LogP contribution in [0.4, 0.5) is 0 Å². The molecule has 6 heteroatoms. The molecule has 2 rings (SSSR count). The molecule has 0 amide bonds. The third kappa shape index (κ3) is 7.06. The van der Waals surface area contributed by atoms with Gasteiger partial charge in [-0.1, -0.05) is 0 Å². The number of aliphatic imine (C=N–C) groups is 1. The first-order chi connectivity index (χ1) is 11.3. The molecule has 2 saturated heterocycles. The van der Waals surface area contributed by atoms with Crippen LogP contribution in [0.2, 0.25) is 0 Å². The Morgan fingerprint density at radius 3 is 2.91 bits per heavy atom. The first-order valence-electron chi connectivity index (χ1n) is 9.21. The summed E-state index contributed by atoms with van der Waals surface area (Å²) in [6.07, 6.45) is 6.18. The number of guanidine groups is 1. The van der Waals surface area contributed by atoms with E-state index in [-0.39, 0.29) is 0 Å². The molecule has 6 nitrogen and oxygen atoms in total. The highest BCUT2D eigenvalue weighted by atomic mass is 16.5. The number of hydrogen-bond acceptors (Lipinski definition) is 4. The molecule has 0 aliphatic carbocycles. The van der Waals surface area contributed by atoms with Gasteiger partial charge in [0.1, 0.15) is 0 Å². The molecule has 0 aromatic rings. The molecule has 0 aromatic heterocycles. The van der Waals surface area contributed by atoms with Gasteiger partial charge < -0.3 is 25.0 Å². The second kappa shape index (κ2) is 10.8. The van der Waals surface area contributed by atoms with Crippen molar-refractivity contribution < 1.29 is 9.47 Å². The van der Waals surface area contributed by atoms with E-state index >= 15 is 0 Å². The zero-order valence-electron chi connectivity index (χ0n) is 14.9. The van der Waals surface area contributed by atoms with Crippen molar-refractivity contribution in [3.05, 3.63) is 0 Å². The number of nitrogens with one attached hydrogen (secondary N) is 2. The highest BCUT2D eigenvalue weighted by Crippen LogP contribution is 2.14. The minimum atomic E-state index is 0.324. The lowest BCUT2D eigenvalue weighted by Gasteiger charge is -2.18. The maximum absolute atomic E-state index is 5.68. The summed E-state index contributed by atoms with van der Waals surface area (Å²) in [7, 11) is 2.19. The molecule has 2 aliphatic rings. The summed E-state index contributed by atoms with van der Waals surface area (Å²) in [5, 5.41) is 6.71. The van der Waals surface area contributed by atoms with E-state index in [4.69, 9.17) is 14.5 Å². The van der Waals surface area contributed by atoms with E-state index in [0.29, 0.717) is 12.1 Å². The van der Waals surface area contributed by atoms with Crippen LogP contribution in [0.25, 0.3) is 0 Å². The Labute approximate surface area is 141 Å². The lowest BCUT2D eigenvalue weighted by molar-refractivity contribution is 0.0168. The lowest BCUT2D eigenvalue weighted by Crippen LogP contribution is -2.39. The van der Waals surface area contributed by atoms with Gasteiger partial charge in [-0.15, -0.1) is 0 Å². The smallest absolute Gasteiger partial charge is 0.191 e. The van der Waals surface area contributed by atoms with Crippen molar-refractivity contribution >= 4 is 5.96 Å². The number of ether oxygens (including phenoxy) is 2. The number of nitrogens with zero attached hydrogens (tertiary/aromatic N) is 2. The van der Waals surface area contributed by atoms with Crippen molar-refractivity contribution in [1.82, 2.24) is 15.5 Å². The Bertz CT molecular complexity index is 345. The molecule has 0 saturated carbocycles. The van der Waals surface area contributed by atoms with E-state index in [1.165, 1.54) is 25.8 Å².